The van der Waals surface area contributed by atoms with Gasteiger partial charge in [-0.15, -0.1) is 0 Å². The predicted molar refractivity (Wildman–Crippen MR) is 154 cm³/mol. The summed E-state index contributed by atoms with van der Waals surface area (Å²) in [4.78, 5) is 4.87. The summed E-state index contributed by atoms with van der Waals surface area (Å²) in [6.45, 7) is 11.4. The Bertz CT molecular complexity index is 1140. The van der Waals surface area contributed by atoms with Crippen molar-refractivity contribution in [2.24, 2.45) is 40.9 Å². The number of pyridine rings is 1. The predicted octanol–water partition coefficient (Wildman–Crippen LogP) is 7.48. The fraction of sp³-hybridized carbons (Fsp3) is 0.758. The topological polar surface area (TPSA) is 63.0 Å². The Morgan fingerprint density at radius 1 is 1.03 bits per heavy atom. The number of nitrogens with one attached hydrogen (secondary N) is 1. The van der Waals surface area contributed by atoms with Gasteiger partial charge in [-0.2, -0.15) is 5.10 Å². The number of aromatic nitrogens is 3. The number of aryl methyl sites for hydroxylation is 2. The molecule has 5 heteroatoms. The van der Waals surface area contributed by atoms with Gasteiger partial charge in [0.05, 0.1) is 22.7 Å². The molecule has 4 fully saturated rings. The van der Waals surface area contributed by atoms with Crippen molar-refractivity contribution in [3.63, 3.8) is 0 Å². The zero-order chi connectivity index (χ0) is 26.7. The lowest BCUT2D eigenvalue weighted by Crippen LogP contribution is -2.52. The molecule has 2 aromatic heterocycles. The zero-order valence-electron chi connectivity index (χ0n) is 24.4. The van der Waals surface area contributed by atoms with Gasteiger partial charge in [0.15, 0.2) is 5.82 Å². The molecule has 4 aliphatic carbocycles. The maximum absolute atomic E-state index is 11.2. The van der Waals surface area contributed by atoms with Crippen molar-refractivity contribution >= 4 is 5.69 Å². The lowest BCUT2D eigenvalue weighted by atomic mass is 9.48. The van der Waals surface area contributed by atoms with Crippen LogP contribution in [0.3, 0.4) is 0 Å². The summed E-state index contributed by atoms with van der Waals surface area (Å²) in [6, 6.07) is 6.74. The molecular formula is C33H50N4O. The molecule has 2 aromatic rings. The number of rotatable bonds is 6. The summed E-state index contributed by atoms with van der Waals surface area (Å²) in [5, 5.41) is 19.6. The van der Waals surface area contributed by atoms with Gasteiger partial charge in [0.25, 0.3) is 0 Å². The quantitative estimate of drug-likeness (QED) is 0.416. The highest BCUT2D eigenvalue weighted by atomic mass is 16.3. The minimum Gasteiger partial charge on any atom is -0.390 e. The Kier molecular flexibility index (Phi) is 6.90. The van der Waals surface area contributed by atoms with Crippen molar-refractivity contribution < 1.29 is 5.11 Å². The lowest BCUT2D eigenvalue weighted by molar-refractivity contribution is -0.108. The molecule has 38 heavy (non-hydrogen) atoms. The van der Waals surface area contributed by atoms with Crippen LogP contribution in [0.2, 0.25) is 0 Å². The van der Waals surface area contributed by atoms with Crippen LogP contribution in [0.15, 0.2) is 24.4 Å². The molecule has 9 atom stereocenters. The highest BCUT2D eigenvalue weighted by Crippen LogP contribution is 2.65. The van der Waals surface area contributed by atoms with Crippen molar-refractivity contribution in [3.8, 4) is 5.82 Å². The number of aliphatic hydroxyl groups is 1. The second-order valence-electron chi connectivity index (χ2n) is 14.0. The molecule has 208 valence electrons. The fourth-order valence-corrected chi connectivity index (χ4v) is 10.2. The Morgan fingerprint density at radius 2 is 1.84 bits per heavy atom. The van der Waals surface area contributed by atoms with Gasteiger partial charge < -0.3 is 10.4 Å². The van der Waals surface area contributed by atoms with Gasteiger partial charge in [-0.05, 0) is 144 Å². The molecule has 0 aromatic carbocycles. The second-order valence-corrected chi connectivity index (χ2v) is 14.0. The molecule has 0 bridgehead atoms. The van der Waals surface area contributed by atoms with Crippen molar-refractivity contribution in [2.75, 3.05) is 5.32 Å². The number of nitrogens with zero attached hydrogens (tertiary/aromatic N) is 3. The minimum absolute atomic E-state index is 0.367. The average molecular weight is 519 g/mol. The third-order valence-corrected chi connectivity index (χ3v) is 11.9. The van der Waals surface area contributed by atoms with E-state index in [-0.39, 0.29) is 5.60 Å². The summed E-state index contributed by atoms with van der Waals surface area (Å²) in [6.07, 6.45) is 15.8. The molecule has 1 unspecified atom stereocenters. The number of hydrogen-bond donors (Lipinski definition) is 2. The first-order chi connectivity index (χ1) is 18.2. The van der Waals surface area contributed by atoms with Crippen LogP contribution < -0.4 is 5.32 Å². The van der Waals surface area contributed by atoms with E-state index in [2.05, 4.69) is 50.2 Å². The standard InChI is InChI=1S/C33H50N4O/c1-6-16-33(38)18-14-25-24(20-33)7-8-27-26(25)13-17-32(5)28(9-10-29(27)32)22(3)34-30-11-12-31(35-23(30)4)37-19-15-21(2)36-37/h11-12,15,19,22,24-29,34,38H,6-10,13-14,16-18,20H2,1-5H3/t22-,24-,25+,26-,27-,28?,29+,32-,33-/m1/s1. The second kappa shape index (κ2) is 9.94. The van der Waals surface area contributed by atoms with Gasteiger partial charge in [-0.1, -0.05) is 20.3 Å². The summed E-state index contributed by atoms with van der Waals surface area (Å²) < 4.78 is 1.86. The van der Waals surface area contributed by atoms with E-state index in [1.54, 1.807) is 0 Å². The largest absolute Gasteiger partial charge is 0.390 e. The molecule has 0 saturated heterocycles. The van der Waals surface area contributed by atoms with Crippen molar-refractivity contribution in [2.45, 2.75) is 117 Å². The SMILES string of the molecule is CCC[C@@]1(O)CC[C@H]2[C@H](CC[C@@H]3[C@@H]2CC[C@]2(C)C([C@@H](C)Nc4ccc(-n5ccc(C)n5)nc4C)CC[C@@H]32)C1. The molecule has 2 heterocycles. The molecule has 0 aliphatic heterocycles. The van der Waals surface area contributed by atoms with E-state index < -0.39 is 0 Å². The third kappa shape index (κ3) is 4.51. The van der Waals surface area contributed by atoms with Crippen molar-refractivity contribution in [3.05, 3.63) is 35.8 Å². The van der Waals surface area contributed by atoms with Crippen LogP contribution in [-0.4, -0.2) is 31.5 Å². The molecule has 4 aliphatic rings. The van der Waals surface area contributed by atoms with Crippen LogP contribution in [0.1, 0.15) is 103 Å². The van der Waals surface area contributed by atoms with Crippen molar-refractivity contribution in [1.82, 2.24) is 14.8 Å². The van der Waals surface area contributed by atoms with Crippen LogP contribution in [0.4, 0.5) is 5.69 Å². The number of anilines is 1. The van der Waals surface area contributed by atoms with E-state index in [9.17, 15) is 5.11 Å². The van der Waals surface area contributed by atoms with Crippen LogP contribution >= 0.6 is 0 Å². The Labute approximate surface area is 230 Å². The van der Waals surface area contributed by atoms with Gasteiger partial charge in [0, 0.05) is 12.2 Å². The maximum Gasteiger partial charge on any atom is 0.153 e. The molecule has 2 N–H and O–H groups in total. The molecule has 0 spiro atoms. The third-order valence-electron chi connectivity index (χ3n) is 11.9. The highest BCUT2D eigenvalue weighted by molar-refractivity contribution is 5.50. The fourth-order valence-electron chi connectivity index (χ4n) is 10.2. The molecule has 4 saturated carbocycles. The smallest absolute Gasteiger partial charge is 0.153 e. The summed E-state index contributed by atoms with van der Waals surface area (Å²) in [7, 11) is 0. The normalized spacial score (nSPS) is 39.2. The molecular weight excluding hydrogens is 468 g/mol. The molecule has 0 amide bonds. The van der Waals surface area contributed by atoms with Gasteiger partial charge in [0.2, 0.25) is 0 Å². The van der Waals surface area contributed by atoms with E-state index in [0.29, 0.717) is 17.4 Å². The van der Waals surface area contributed by atoms with Crippen LogP contribution in [-0.2, 0) is 0 Å². The van der Waals surface area contributed by atoms with Crippen LogP contribution in [0.25, 0.3) is 5.82 Å². The maximum atomic E-state index is 11.2. The van der Waals surface area contributed by atoms with E-state index in [1.807, 2.05) is 23.9 Å². The number of hydrogen-bond acceptors (Lipinski definition) is 4. The van der Waals surface area contributed by atoms with E-state index in [4.69, 9.17) is 4.98 Å². The first-order valence-electron chi connectivity index (χ1n) is 15.7. The molecule has 6 rings (SSSR count). The van der Waals surface area contributed by atoms with Crippen LogP contribution in [0, 0.1) is 54.8 Å². The van der Waals surface area contributed by atoms with Gasteiger partial charge >= 0.3 is 0 Å². The van der Waals surface area contributed by atoms with Crippen molar-refractivity contribution in [1.29, 1.82) is 0 Å². The zero-order valence-corrected chi connectivity index (χ0v) is 24.4. The Morgan fingerprint density at radius 3 is 2.58 bits per heavy atom. The van der Waals surface area contributed by atoms with Gasteiger partial charge in [-0.3, -0.25) is 0 Å². The molecule has 5 nitrogen and oxygen atoms in total. The minimum atomic E-state index is -0.367. The highest BCUT2D eigenvalue weighted by Gasteiger charge is 2.58. The van der Waals surface area contributed by atoms with E-state index >= 15 is 0 Å². The Balaban J connectivity index is 1.13. The molecule has 0 radical (unpaired) electrons. The van der Waals surface area contributed by atoms with Crippen LogP contribution in [0.5, 0.6) is 0 Å². The van der Waals surface area contributed by atoms with Gasteiger partial charge in [0.1, 0.15) is 0 Å². The van der Waals surface area contributed by atoms with E-state index in [1.165, 1.54) is 44.9 Å². The summed E-state index contributed by atoms with van der Waals surface area (Å²) in [5.74, 6) is 5.92. The Hall–Kier alpha value is -1.88. The summed E-state index contributed by atoms with van der Waals surface area (Å²) in [5.41, 5.74) is 3.28. The average Bonchev–Trinajstić information content (AvgIpc) is 3.47. The number of fused-ring (bicyclic) bond motifs is 5. The first kappa shape index (κ1) is 26.3. The monoisotopic (exact) mass is 518 g/mol. The van der Waals surface area contributed by atoms with Gasteiger partial charge in [-0.25, -0.2) is 9.67 Å². The lowest BCUT2D eigenvalue weighted by Gasteiger charge is -2.57. The van der Waals surface area contributed by atoms with E-state index in [0.717, 1.165) is 78.2 Å². The first-order valence-corrected chi connectivity index (χ1v) is 15.7. The summed E-state index contributed by atoms with van der Waals surface area (Å²) >= 11 is 0.